The second-order valence-electron chi connectivity index (χ2n) is 4.34. The molecule has 2 amide bonds. The fourth-order valence-electron chi connectivity index (χ4n) is 2.18. The molecule has 5 nitrogen and oxygen atoms in total. The van der Waals surface area contributed by atoms with Crippen molar-refractivity contribution in [2.45, 2.75) is 6.42 Å². The molecule has 0 saturated heterocycles. The molecule has 1 aliphatic heterocycles. The molecular formula is C14H14N2O3. The maximum Gasteiger partial charge on any atom is 0.322 e. The molecule has 98 valence electrons. The van der Waals surface area contributed by atoms with Crippen molar-refractivity contribution in [1.82, 2.24) is 5.32 Å². The highest BCUT2D eigenvalue weighted by Gasteiger charge is 2.31. The number of fused-ring (bicyclic) bond motifs is 1. The van der Waals surface area contributed by atoms with Crippen LogP contribution in [-0.2, 0) is 11.2 Å². The largest absolute Gasteiger partial charge is 0.481 e. The summed E-state index contributed by atoms with van der Waals surface area (Å²) in [7, 11) is 0. The molecule has 1 aliphatic rings. The Balaban J connectivity index is 2.29. The van der Waals surface area contributed by atoms with E-state index in [0.29, 0.717) is 6.42 Å². The third-order valence-electron chi connectivity index (χ3n) is 3.09. The van der Waals surface area contributed by atoms with Crippen molar-refractivity contribution in [3.63, 3.8) is 0 Å². The lowest BCUT2D eigenvalue weighted by Crippen LogP contribution is -2.47. The lowest BCUT2D eigenvalue weighted by Gasteiger charge is -2.32. The number of amides is 2. The second kappa shape index (κ2) is 5.44. The molecule has 19 heavy (non-hydrogen) atoms. The average molecular weight is 258 g/mol. The molecule has 2 N–H and O–H groups in total. The minimum atomic E-state index is -0.899. The van der Waals surface area contributed by atoms with Gasteiger partial charge in [-0.15, -0.1) is 6.42 Å². The van der Waals surface area contributed by atoms with Crippen molar-refractivity contribution < 1.29 is 14.7 Å². The van der Waals surface area contributed by atoms with Crippen LogP contribution in [0.25, 0.3) is 0 Å². The first-order valence-electron chi connectivity index (χ1n) is 5.93. The predicted molar refractivity (Wildman–Crippen MR) is 70.8 cm³/mol. The number of hydrogen-bond donors (Lipinski definition) is 2. The number of hydrogen-bond acceptors (Lipinski definition) is 2. The summed E-state index contributed by atoms with van der Waals surface area (Å²) in [5, 5.41) is 11.7. The zero-order valence-corrected chi connectivity index (χ0v) is 10.3. The van der Waals surface area contributed by atoms with Crippen molar-refractivity contribution in [1.29, 1.82) is 0 Å². The minimum Gasteiger partial charge on any atom is -0.481 e. The molecule has 0 spiro atoms. The number of carbonyl (C=O) groups is 2. The summed E-state index contributed by atoms with van der Waals surface area (Å²) in [4.78, 5) is 24.6. The molecule has 0 bridgehead atoms. The van der Waals surface area contributed by atoms with Gasteiger partial charge in [-0.2, -0.15) is 0 Å². The molecule has 1 heterocycles. The van der Waals surface area contributed by atoms with Gasteiger partial charge in [0.1, 0.15) is 0 Å². The summed E-state index contributed by atoms with van der Waals surface area (Å²) in [6.45, 7) is 0.276. The Hall–Kier alpha value is -2.48. The van der Waals surface area contributed by atoms with Crippen LogP contribution < -0.4 is 10.2 Å². The lowest BCUT2D eigenvalue weighted by atomic mass is 9.93. The van der Waals surface area contributed by atoms with E-state index in [9.17, 15) is 9.59 Å². The van der Waals surface area contributed by atoms with E-state index < -0.39 is 11.9 Å². The van der Waals surface area contributed by atoms with Crippen LogP contribution in [0, 0.1) is 18.3 Å². The highest BCUT2D eigenvalue weighted by molar-refractivity contribution is 5.94. The number of urea groups is 1. The Morgan fingerprint density at radius 1 is 1.47 bits per heavy atom. The van der Waals surface area contributed by atoms with Gasteiger partial charge in [-0.1, -0.05) is 24.1 Å². The van der Waals surface area contributed by atoms with Crippen molar-refractivity contribution in [3.05, 3.63) is 29.8 Å². The first kappa shape index (κ1) is 13.0. The van der Waals surface area contributed by atoms with E-state index in [1.807, 2.05) is 24.3 Å². The first-order chi connectivity index (χ1) is 9.13. The number of aliphatic carboxylic acids is 1. The summed E-state index contributed by atoms with van der Waals surface area (Å²) in [5.74, 6) is 0.831. The van der Waals surface area contributed by atoms with Crippen molar-refractivity contribution in [2.24, 2.45) is 5.92 Å². The van der Waals surface area contributed by atoms with Crippen LogP contribution in [0.1, 0.15) is 5.56 Å². The number of terminal acetylenes is 1. The highest BCUT2D eigenvalue weighted by atomic mass is 16.4. The number of rotatable bonds is 2. The molecule has 0 aromatic heterocycles. The molecule has 1 unspecified atom stereocenters. The van der Waals surface area contributed by atoms with Crippen LogP contribution >= 0.6 is 0 Å². The standard InChI is InChI=1S/C14H14N2O3/c1-2-7-15-14(19)16-9-11(13(17)18)8-10-5-3-4-6-12(10)16/h1,3-6,11H,7-9H2,(H,15,19)(H,17,18). The number of para-hydroxylation sites is 1. The fraction of sp³-hybridized carbons (Fsp3) is 0.286. The average Bonchev–Trinajstić information content (AvgIpc) is 2.43. The maximum absolute atomic E-state index is 12.0. The molecule has 1 atom stereocenters. The highest BCUT2D eigenvalue weighted by Crippen LogP contribution is 2.29. The number of carboxylic acid groups (broad SMARTS) is 1. The van der Waals surface area contributed by atoms with Gasteiger partial charge in [-0.25, -0.2) is 4.79 Å². The van der Waals surface area contributed by atoms with Gasteiger partial charge in [0.15, 0.2) is 0 Å². The number of nitrogens with zero attached hydrogens (tertiary/aromatic N) is 1. The fourth-order valence-corrected chi connectivity index (χ4v) is 2.18. The monoisotopic (exact) mass is 258 g/mol. The van der Waals surface area contributed by atoms with Crippen LogP contribution in [0.15, 0.2) is 24.3 Å². The molecule has 5 heteroatoms. The summed E-state index contributed by atoms with van der Waals surface area (Å²) >= 11 is 0. The SMILES string of the molecule is C#CCNC(=O)N1CC(C(=O)O)Cc2ccccc21. The number of anilines is 1. The maximum atomic E-state index is 12.0. The first-order valence-corrected chi connectivity index (χ1v) is 5.93. The Morgan fingerprint density at radius 3 is 2.89 bits per heavy atom. The molecule has 1 aromatic carbocycles. The summed E-state index contributed by atoms with van der Waals surface area (Å²) < 4.78 is 0. The van der Waals surface area contributed by atoms with Crippen LogP contribution in [0.4, 0.5) is 10.5 Å². The van der Waals surface area contributed by atoms with E-state index in [1.165, 1.54) is 4.90 Å². The van der Waals surface area contributed by atoms with E-state index >= 15 is 0 Å². The van der Waals surface area contributed by atoms with E-state index in [0.717, 1.165) is 11.3 Å². The second-order valence-corrected chi connectivity index (χ2v) is 4.34. The minimum absolute atomic E-state index is 0.120. The van der Waals surface area contributed by atoms with Gasteiger partial charge in [0, 0.05) is 12.2 Å². The van der Waals surface area contributed by atoms with Crippen molar-refractivity contribution in [2.75, 3.05) is 18.0 Å². The number of benzene rings is 1. The van der Waals surface area contributed by atoms with Gasteiger partial charge in [0.25, 0.3) is 0 Å². The van der Waals surface area contributed by atoms with Crippen molar-refractivity contribution in [3.8, 4) is 12.3 Å². The molecule has 0 radical (unpaired) electrons. The topological polar surface area (TPSA) is 69.6 Å². The van der Waals surface area contributed by atoms with Gasteiger partial charge >= 0.3 is 12.0 Å². The predicted octanol–water partition coefficient (Wildman–Crippen LogP) is 1.09. The zero-order chi connectivity index (χ0) is 13.8. The van der Waals surface area contributed by atoms with E-state index in [4.69, 9.17) is 11.5 Å². The van der Waals surface area contributed by atoms with E-state index in [2.05, 4.69) is 11.2 Å². The Kier molecular flexibility index (Phi) is 3.71. The molecule has 1 aromatic rings. The van der Waals surface area contributed by atoms with Crippen molar-refractivity contribution >= 4 is 17.7 Å². The van der Waals surface area contributed by atoms with Crippen LogP contribution in [0.2, 0.25) is 0 Å². The molecule has 0 saturated carbocycles. The summed E-state index contributed by atoms with van der Waals surface area (Å²) in [6.07, 6.45) is 5.53. The molecule has 0 aliphatic carbocycles. The zero-order valence-electron chi connectivity index (χ0n) is 10.3. The molecular weight excluding hydrogens is 244 g/mol. The van der Waals surface area contributed by atoms with Gasteiger partial charge in [0.2, 0.25) is 0 Å². The molecule has 0 fully saturated rings. The van der Waals surface area contributed by atoms with Gasteiger partial charge in [-0.05, 0) is 18.1 Å². The quantitative estimate of drug-likeness (QED) is 0.780. The third kappa shape index (κ3) is 2.68. The Morgan fingerprint density at radius 2 is 2.21 bits per heavy atom. The summed E-state index contributed by atoms with van der Waals surface area (Å²) in [6, 6.07) is 6.94. The van der Waals surface area contributed by atoms with E-state index in [1.54, 1.807) is 0 Å². The number of nitrogens with one attached hydrogen (secondary N) is 1. The molecule has 2 rings (SSSR count). The van der Waals surface area contributed by atoms with E-state index in [-0.39, 0.29) is 19.1 Å². The van der Waals surface area contributed by atoms with Gasteiger partial charge in [-0.3, -0.25) is 9.69 Å². The van der Waals surface area contributed by atoms with Crippen LogP contribution in [0.5, 0.6) is 0 Å². The summed E-state index contributed by atoms with van der Waals surface area (Å²) in [5.41, 5.74) is 1.60. The Labute approximate surface area is 111 Å². The van der Waals surface area contributed by atoms with Gasteiger partial charge < -0.3 is 10.4 Å². The van der Waals surface area contributed by atoms with Crippen LogP contribution in [0.3, 0.4) is 0 Å². The Bertz CT molecular complexity index is 548. The van der Waals surface area contributed by atoms with Gasteiger partial charge in [0.05, 0.1) is 12.5 Å². The third-order valence-corrected chi connectivity index (χ3v) is 3.09. The normalized spacial score (nSPS) is 17.2. The number of carbonyl (C=O) groups excluding carboxylic acids is 1. The van der Waals surface area contributed by atoms with Crippen LogP contribution in [-0.4, -0.2) is 30.2 Å². The lowest BCUT2D eigenvalue weighted by molar-refractivity contribution is -0.141. The number of carboxylic acids is 1. The smallest absolute Gasteiger partial charge is 0.322 e.